The first-order chi connectivity index (χ1) is 17.7. The molecule has 0 spiro atoms. The summed E-state index contributed by atoms with van der Waals surface area (Å²) in [5.74, 6) is -0.0601. The molecule has 3 aromatic heterocycles. The molecule has 0 atom stereocenters. The van der Waals surface area contributed by atoms with Gasteiger partial charge < -0.3 is 19.4 Å². The third kappa shape index (κ3) is 4.96. The van der Waals surface area contributed by atoms with Crippen LogP contribution in [0.1, 0.15) is 27.2 Å². The number of benzene rings is 2. The quantitative estimate of drug-likeness (QED) is 0.315. The first-order valence-corrected chi connectivity index (χ1v) is 12.9. The van der Waals surface area contributed by atoms with Crippen LogP contribution in [-0.2, 0) is 28.0 Å². The van der Waals surface area contributed by atoms with Crippen LogP contribution in [0.15, 0.2) is 71.8 Å². The third-order valence-corrected chi connectivity index (χ3v) is 6.78. The van der Waals surface area contributed by atoms with Gasteiger partial charge in [0.15, 0.2) is 0 Å². The highest BCUT2D eigenvalue weighted by molar-refractivity contribution is 7.89. The van der Waals surface area contributed by atoms with E-state index in [1.807, 2.05) is 36.5 Å². The Hall–Kier alpha value is -4.82. The number of pyridine rings is 1. The van der Waals surface area contributed by atoms with Gasteiger partial charge >= 0.3 is 5.97 Å². The number of rotatable bonds is 7. The van der Waals surface area contributed by atoms with Crippen molar-refractivity contribution in [2.24, 2.45) is 0 Å². The molecule has 2 aromatic carbocycles. The monoisotopic (exact) mass is 516 g/mol. The zero-order valence-corrected chi connectivity index (χ0v) is 20.3. The number of nitrogens with one attached hydrogen (secondary N) is 2. The Bertz CT molecular complexity index is 1870. The van der Waals surface area contributed by atoms with Crippen molar-refractivity contribution in [3.05, 3.63) is 99.7 Å². The van der Waals surface area contributed by atoms with Crippen LogP contribution < -0.4 is 10.3 Å². The summed E-state index contributed by atoms with van der Waals surface area (Å²) in [6.07, 6.45) is 4.40. The van der Waals surface area contributed by atoms with E-state index in [1.54, 1.807) is 6.07 Å². The van der Waals surface area contributed by atoms with Crippen LogP contribution in [0.2, 0.25) is 0 Å². The Morgan fingerprint density at radius 1 is 1.08 bits per heavy atom. The molecule has 2 N–H and O–H groups in total. The van der Waals surface area contributed by atoms with Gasteiger partial charge in [-0.05, 0) is 54.1 Å². The zero-order valence-electron chi connectivity index (χ0n) is 19.5. The first-order valence-electron chi connectivity index (χ1n) is 11.1. The normalized spacial score (nSPS) is 11.5. The molecular formula is C26H20N4O6S. The maximum atomic E-state index is 12.8. The number of aromatic amines is 2. The van der Waals surface area contributed by atoms with E-state index in [0.717, 1.165) is 21.1 Å². The molecule has 186 valence electrons. The van der Waals surface area contributed by atoms with Gasteiger partial charge in [-0.2, -0.15) is 5.26 Å². The van der Waals surface area contributed by atoms with Crippen molar-refractivity contribution >= 4 is 37.8 Å². The molecule has 0 fully saturated rings. The van der Waals surface area contributed by atoms with E-state index >= 15 is 0 Å². The standard InChI is InChI=1S/C26H20N4O6S/c1-37(33,34)30-13-19(15-35-21-3-4-23-17(10-21)6-7-28-23)22-11-18(2-5-24(22)30)26(32)36-14-16-8-20(12-27)29-25(31)9-16/h2-11,13,28H,14-15H2,1H3,(H,29,31). The summed E-state index contributed by atoms with van der Waals surface area (Å²) in [4.78, 5) is 29.9. The first kappa shape index (κ1) is 23.9. The lowest BCUT2D eigenvalue weighted by Crippen LogP contribution is -2.11. The zero-order chi connectivity index (χ0) is 26.2. The SMILES string of the molecule is CS(=O)(=O)n1cc(COc2ccc3[nH]ccc3c2)c2cc(C(=O)OCc3cc(C#N)[nH]c(=O)c3)ccc21. The van der Waals surface area contributed by atoms with Gasteiger partial charge in [-0.3, -0.25) is 4.79 Å². The van der Waals surface area contributed by atoms with Crippen LogP contribution in [0, 0.1) is 11.3 Å². The Balaban J connectivity index is 1.42. The predicted molar refractivity (Wildman–Crippen MR) is 136 cm³/mol. The van der Waals surface area contributed by atoms with Crippen molar-refractivity contribution in [1.82, 2.24) is 13.9 Å². The number of carbonyl (C=O) groups is 1. The number of nitriles is 1. The average molecular weight is 517 g/mol. The summed E-state index contributed by atoms with van der Waals surface area (Å²) >= 11 is 0. The summed E-state index contributed by atoms with van der Waals surface area (Å²) in [5, 5.41) is 10.5. The number of hydrogen-bond donors (Lipinski definition) is 2. The summed E-state index contributed by atoms with van der Waals surface area (Å²) in [6.45, 7) is -0.144. The van der Waals surface area contributed by atoms with E-state index in [2.05, 4.69) is 9.97 Å². The van der Waals surface area contributed by atoms with Crippen LogP contribution >= 0.6 is 0 Å². The number of hydrogen-bond acceptors (Lipinski definition) is 7. The largest absolute Gasteiger partial charge is 0.489 e. The summed E-state index contributed by atoms with van der Waals surface area (Å²) in [6, 6.07) is 16.5. The maximum absolute atomic E-state index is 12.8. The van der Waals surface area contributed by atoms with E-state index < -0.39 is 21.6 Å². The molecule has 3 heterocycles. The fraction of sp³-hybridized carbons (Fsp3) is 0.115. The van der Waals surface area contributed by atoms with E-state index in [0.29, 0.717) is 27.8 Å². The number of carbonyl (C=O) groups excluding carboxylic acids is 1. The van der Waals surface area contributed by atoms with Gasteiger partial charge in [-0.15, -0.1) is 0 Å². The molecule has 0 radical (unpaired) electrons. The fourth-order valence-electron chi connectivity index (χ4n) is 4.04. The molecule has 0 bridgehead atoms. The summed E-state index contributed by atoms with van der Waals surface area (Å²) in [5.41, 5.74) is 2.07. The van der Waals surface area contributed by atoms with Crippen molar-refractivity contribution in [3.63, 3.8) is 0 Å². The lowest BCUT2D eigenvalue weighted by atomic mass is 10.1. The van der Waals surface area contributed by atoms with Gasteiger partial charge in [0.05, 0.1) is 17.3 Å². The van der Waals surface area contributed by atoms with Gasteiger partial charge in [0, 0.05) is 40.3 Å². The van der Waals surface area contributed by atoms with Gasteiger partial charge in [-0.1, -0.05) is 0 Å². The number of aromatic nitrogens is 3. The van der Waals surface area contributed by atoms with Crippen LogP contribution in [-0.4, -0.2) is 34.6 Å². The maximum Gasteiger partial charge on any atom is 0.338 e. The highest BCUT2D eigenvalue weighted by Crippen LogP contribution is 2.27. The molecule has 0 saturated heterocycles. The Labute approximate surface area is 210 Å². The minimum absolute atomic E-state index is 0.0578. The van der Waals surface area contributed by atoms with Crippen molar-refractivity contribution in [2.75, 3.05) is 6.26 Å². The van der Waals surface area contributed by atoms with Crippen LogP contribution in [0.5, 0.6) is 5.75 Å². The molecule has 37 heavy (non-hydrogen) atoms. The second-order valence-electron chi connectivity index (χ2n) is 8.41. The molecular weight excluding hydrogens is 496 g/mol. The van der Waals surface area contributed by atoms with Gasteiger partial charge in [0.2, 0.25) is 15.6 Å². The van der Waals surface area contributed by atoms with E-state index in [-0.39, 0.29) is 24.5 Å². The lowest BCUT2D eigenvalue weighted by molar-refractivity contribution is 0.0472. The van der Waals surface area contributed by atoms with Gasteiger partial charge in [0.25, 0.3) is 0 Å². The highest BCUT2D eigenvalue weighted by Gasteiger charge is 2.18. The number of nitrogens with zero attached hydrogens (tertiary/aromatic N) is 2. The summed E-state index contributed by atoms with van der Waals surface area (Å²) in [7, 11) is -3.62. The lowest BCUT2D eigenvalue weighted by Gasteiger charge is -2.07. The van der Waals surface area contributed by atoms with Crippen molar-refractivity contribution in [1.29, 1.82) is 5.26 Å². The van der Waals surface area contributed by atoms with Gasteiger partial charge in [0.1, 0.15) is 30.7 Å². The minimum atomic E-state index is -3.62. The van der Waals surface area contributed by atoms with Crippen LogP contribution in [0.4, 0.5) is 0 Å². The second kappa shape index (κ2) is 9.33. The Morgan fingerprint density at radius 2 is 1.92 bits per heavy atom. The van der Waals surface area contributed by atoms with Crippen molar-refractivity contribution in [2.45, 2.75) is 13.2 Å². The van der Waals surface area contributed by atoms with E-state index in [9.17, 15) is 18.0 Å². The van der Waals surface area contributed by atoms with Crippen LogP contribution in [0.3, 0.4) is 0 Å². The van der Waals surface area contributed by atoms with Crippen molar-refractivity contribution < 1.29 is 22.7 Å². The molecule has 5 aromatic rings. The molecule has 0 aliphatic heterocycles. The predicted octanol–water partition coefficient (Wildman–Crippen LogP) is 3.43. The van der Waals surface area contributed by atoms with E-state index in [4.69, 9.17) is 14.7 Å². The van der Waals surface area contributed by atoms with E-state index in [1.165, 1.54) is 30.5 Å². The average Bonchev–Trinajstić information content (AvgIpc) is 3.49. The molecule has 11 heteroatoms. The third-order valence-electron chi connectivity index (χ3n) is 5.76. The minimum Gasteiger partial charge on any atom is -0.489 e. The molecule has 5 rings (SSSR count). The molecule has 0 aliphatic rings. The highest BCUT2D eigenvalue weighted by atomic mass is 32.2. The number of esters is 1. The molecule has 0 aliphatic carbocycles. The molecule has 10 nitrogen and oxygen atoms in total. The molecule has 0 amide bonds. The number of ether oxygens (including phenoxy) is 2. The number of fused-ring (bicyclic) bond motifs is 2. The molecule has 0 saturated carbocycles. The second-order valence-corrected chi connectivity index (χ2v) is 10.3. The smallest absolute Gasteiger partial charge is 0.338 e. The van der Waals surface area contributed by atoms with Gasteiger partial charge in [-0.25, -0.2) is 17.2 Å². The fourth-order valence-corrected chi connectivity index (χ4v) is 4.88. The Kier molecular flexibility index (Phi) is 6.02. The van der Waals surface area contributed by atoms with Crippen LogP contribution in [0.25, 0.3) is 21.8 Å². The number of H-pyrrole nitrogens is 2. The Morgan fingerprint density at radius 3 is 2.70 bits per heavy atom. The molecule has 0 unspecified atom stereocenters. The van der Waals surface area contributed by atoms with Crippen molar-refractivity contribution in [3.8, 4) is 11.8 Å². The summed E-state index contributed by atoms with van der Waals surface area (Å²) < 4.78 is 37.2. The topological polar surface area (TPSA) is 147 Å².